The Morgan fingerprint density at radius 1 is 1.38 bits per heavy atom. The fourth-order valence-electron chi connectivity index (χ4n) is 3.54. The predicted octanol–water partition coefficient (Wildman–Crippen LogP) is 0.531. The Morgan fingerprint density at radius 3 is 2.73 bits per heavy atom. The van der Waals surface area contributed by atoms with E-state index in [1.807, 2.05) is 0 Å². The van der Waals surface area contributed by atoms with Gasteiger partial charge in [0.2, 0.25) is 15.9 Å². The van der Waals surface area contributed by atoms with Crippen LogP contribution in [-0.4, -0.2) is 69.6 Å². The van der Waals surface area contributed by atoms with E-state index in [9.17, 15) is 18.3 Å². The minimum absolute atomic E-state index is 0.0447. The second kappa shape index (κ2) is 7.05. The quantitative estimate of drug-likeness (QED) is 0.767. The predicted molar refractivity (Wildman–Crippen MR) is 95.7 cm³/mol. The number of hydrogen-bond acceptors (Lipinski definition) is 6. The van der Waals surface area contributed by atoms with Crippen LogP contribution in [-0.2, 0) is 19.6 Å². The molecule has 2 heterocycles. The number of hydrogen-bond donors (Lipinski definition) is 2. The normalized spacial score (nSPS) is 27.2. The van der Waals surface area contributed by atoms with Crippen molar-refractivity contribution in [2.24, 2.45) is 0 Å². The van der Waals surface area contributed by atoms with Crippen molar-refractivity contribution >= 4 is 21.6 Å². The maximum atomic E-state index is 12.0. The zero-order valence-corrected chi connectivity index (χ0v) is 15.8. The van der Waals surface area contributed by atoms with Crippen molar-refractivity contribution in [2.75, 3.05) is 31.7 Å². The van der Waals surface area contributed by atoms with Crippen LogP contribution in [0.1, 0.15) is 24.3 Å². The number of rotatable bonds is 5. The molecule has 144 valence electrons. The smallest absolute Gasteiger partial charge is 0.229 e. The van der Waals surface area contributed by atoms with Crippen molar-refractivity contribution in [3.63, 3.8) is 0 Å². The third-order valence-electron chi connectivity index (χ3n) is 4.70. The van der Waals surface area contributed by atoms with Crippen LogP contribution in [0.5, 0.6) is 5.75 Å². The highest BCUT2D eigenvalue weighted by Crippen LogP contribution is 2.47. The number of aliphatic hydroxyl groups excluding tert-OH is 1. The van der Waals surface area contributed by atoms with Crippen LogP contribution in [0.4, 0.5) is 5.69 Å². The van der Waals surface area contributed by atoms with Crippen LogP contribution < -0.4 is 9.46 Å². The molecule has 0 spiro atoms. The summed E-state index contributed by atoms with van der Waals surface area (Å²) in [5, 5.41) is 9.69. The Morgan fingerprint density at radius 2 is 2.12 bits per heavy atom. The molecule has 1 fully saturated rings. The van der Waals surface area contributed by atoms with E-state index in [4.69, 9.17) is 9.47 Å². The lowest BCUT2D eigenvalue weighted by atomic mass is 9.84. The van der Waals surface area contributed by atoms with Crippen LogP contribution in [0.15, 0.2) is 18.2 Å². The second-order valence-electron chi connectivity index (χ2n) is 7.02. The van der Waals surface area contributed by atoms with Crippen molar-refractivity contribution in [3.05, 3.63) is 23.8 Å². The van der Waals surface area contributed by atoms with Gasteiger partial charge in [-0.05, 0) is 24.6 Å². The highest BCUT2D eigenvalue weighted by molar-refractivity contribution is 7.92. The summed E-state index contributed by atoms with van der Waals surface area (Å²) in [7, 11) is -0.00303. The van der Waals surface area contributed by atoms with Gasteiger partial charge in [-0.2, -0.15) is 0 Å². The lowest BCUT2D eigenvalue weighted by molar-refractivity contribution is -0.147. The molecule has 2 N–H and O–H groups in total. The summed E-state index contributed by atoms with van der Waals surface area (Å²) in [6.07, 6.45) is 0.670. The molecular weight excluding hydrogens is 360 g/mol. The highest BCUT2D eigenvalue weighted by atomic mass is 32.2. The molecule has 0 radical (unpaired) electrons. The van der Waals surface area contributed by atoms with E-state index < -0.39 is 16.1 Å². The molecule has 0 saturated carbocycles. The Balaban J connectivity index is 1.85. The number of anilines is 1. The lowest BCUT2D eigenvalue weighted by Crippen LogP contribution is -2.47. The van der Waals surface area contributed by atoms with E-state index >= 15 is 0 Å². The number of carbonyl (C=O) groups excluding carboxylic acids is 1. The Hall–Kier alpha value is -1.84. The fourth-order valence-corrected chi connectivity index (χ4v) is 4.10. The molecular formula is C17H24N2O6S. The standard InChI is InChI=1S/C17H24N2O6S/c1-19(2)16(21)8-11-7-13-12-6-10(18-26(3,22)23)4-5-14(12)25-17(13)15(9-20)24-11/h4-6,11,13,15,17-18,20H,7-9H2,1-3H3/t11-,13+,15-,17-/m0/s1. The summed E-state index contributed by atoms with van der Waals surface area (Å²) in [5.41, 5.74) is 1.33. The summed E-state index contributed by atoms with van der Waals surface area (Å²) in [5.74, 6) is 0.537. The van der Waals surface area contributed by atoms with Gasteiger partial charge in [-0.1, -0.05) is 0 Å². The summed E-state index contributed by atoms with van der Waals surface area (Å²) in [6.45, 7) is -0.212. The fraction of sp³-hybridized carbons (Fsp3) is 0.588. The van der Waals surface area contributed by atoms with Gasteiger partial charge in [0.25, 0.3) is 0 Å². The molecule has 3 rings (SSSR count). The molecule has 4 atom stereocenters. The third kappa shape index (κ3) is 3.94. The van der Waals surface area contributed by atoms with Crippen molar-refractivity contribution in [1.29, 1.82) is 0 Å². The Bertz CT molecular complexity index is 794. The number of benzene rings is 1. The third-order valence-corrected chi connectivity index (χ3v) is 5.31. The molecule has 1 aromatic rings. The van der Waals surface area contributed by atoms with Crippen LogP contribution in [0.2, 0.25) is 0 Å². The molecule has 8 nitrogen and oxygen atoms in total. The number of sulfonamides is 1. The summed E-state index contributed by atoms with van der Waals surface area (Å²) >= 11 is 0. The van der Waals surface area contributed by atoms with Gasteiger partial charge in [-0.25, -0.2) is 8.42 Å². The van der Waals surface area contributed by atoms with Gasteiger partial charge in [0.05, 0.1) is 25.4 Å². The zero-order chi connectivity index (χ0) is 19.1. The summed E-state index contributed by atoms with van der Waals surface area (Å²) in [6, 6.07) is 5.11. The van der Waals surface area contributed by atoms with Crippen LogP contribution >= 0.6 is 0 Å². The molecule has 2 aliphatic rings. The number of nitrogens with one attached hydrogen (secondary N) is 1. The average Bonchev–Trinajstić information content (AvgIpc) is 2.90. The molecule has 0 unspecified atom stereocenters. The van der Waals surface area contributed by atoms with Gasteiger partial charge < -0.3 is 19.5 Å². The number of ether oxygens (including phenoxy) is 2. The molecule has 1 amide bonds. The largest absolute Gasteiger partial charge is 0.487 e. The molecule has 2 aliphatic heterocycles. The minimum Gasteiger partial charge on any atom is -0.487 e. The van der Waals surface area contributed by atoms with E-state index in [0.717, 1.165) is 11.8 Å². The molecule has 0 aromatic heterocycles. The van der Waals surface area contributed by atoms with E-state index in [0.29, 0.717) is 17.9 Å². The molecule has 0 bridgehead atoms. The van der Waals surface area contributed by atoms with Crippen LogP contribution in [0.25, 0.3) is 0 Å². The SMILES string of the molecule is CN(C)C(=O)C[C@@H]1C[C@@H]2c3cc(NS(C)(=O)=O)ccc3O[C@@H]2[C@H](CO)O1. The van der Waals surface area contributed by atoms with E-state index in [1.54, 1.807) is 32.3 Å². The molecule has 1 aromatic carbocycles. The zero-order valence-electron chi connectivity index (χ0n) is 15.0. The second-order valence-corrected chi connectivity index (χ2v) is 8.77. The van der Waals surface area contributed by atoms with Gasteiger partial charge in [0.15, 0.2) is 0 Å². The van der Waals surface area contributed by atoms with E-state index in [2.05, 4.69) is 4.72 Å². The van der Waals surface area contributed by atoms with Crippen molar-refractivity contribution in [3.8, 4) is 5.75 Å². The van der Waals surface area contributed by atoms with Crippen LogP contribution in [0, 0.1) is 0 Å². The van der Waals surface area contributed by atoms with Crippen molar-refractivity contribution < 1.29 is 27.8 Å². The first kappa shape index (κ1) is 18.9. The molecule has 1 saturated heterocycles. The number of amides is 1. The number of carbonyl (C=O) groups is 1. The topological polar surface area (TPSA) is 105 Å². The number of fused-ring (bicyclic) bond motifs is 3. The lowest BCUT2D eigenvalue weighted by Gasteiger charge is -2.37. The maximum absolute atomic E-state index is 12.0. The average molecular weight is 384 g/mol. The summed E-state index contributed by atoms with van der Waals surface area (Å²) < 4.78 is 37.2. The number of aliphatic hydroxyl groups is 1. The van der Waals surface area contributed by atoms with Crippen molar-refractivity contribution in [2.45, 2.75) is 37.1 Å². The highest BCUT2D eigenvalue weighted by Gasteiger charge is 2.46. The first-order valence-corrected chi connectivity index (χ1v) is 10.3. The Labute approximate surface area is 153 Å². The van der Waals surface area contributed by atoms with E-state index in [-0.39, 0.29) is 37.1 Å². The number of nitrogens with zero attached hydrogens (tertiary/aromatic N) is 1. The van der Waals surface area contributed by atoms with Crippen molar-refractivity contribution in [1.82, 2.24) is 4.90 Å². The molecule has 0 aliphatic carbocycles. The van der Waals surface area contributed by atoms with Gasteiger partial charge >= 0.3 is 0 Å². The van der Waals surface area contributed by atoms with Gasteiger partial charge in [0, 0.05) is 31.3 Å². The van der Waals surface area contributed by atoms with Gasteiger partial charge in [0.1, 0.15) is 18.0 Å². The van der Waals surface area contributed by atoms with Gasteiger partial charge in [-0.15, -0.1) is 0 Å². The first-order chi connectivity index (χ1) is 12.2. The summed E-state index contributed by atoms with van der Waals surface area (Å²) in [4.78, 5) is 13.5. The monoisotopic (exact) mass is 384 g/mol. The van der Waals surface area contributed by atoms with Gasteiger partial charge in [-0.3, -0.25) is 9.52 Å². The maximum Gasteiger partial charge on any atom is 0.229 e. The first-order valence-electron chi connectivity index (χ1n) is 8.43. The van der Waals surface area contributed by atoms with E-state index in [1.165, 1.54) is 4.90 Å². The minimum atomic E-state index is -3.38. The Kier molecular flexibility index (Phi) is 5.14. The molecule has 26 heavy (non-hydrogen) atoms. The molecule has 9 heteroatoms. The van der Waals surface area contributed by atoms with Crippen LogP contribution in [0.3, 0.4) is 0 Å².